The third kappa shape index (κ3) is 2.34. The van der Waals surface area contributed by atoms with Gasteiger partial charge in [-0.1, -0.05) is 17.2 Å². The molecule has 0 aromatic carbocycles. The fraction of sp³-hybridized carbons (Fsp3) is 0.533. The van der Waals surface area contributed by atoms with Gasteiger partial charge in [0.15, 0.2) is 5.69 Å². The Balaban J connectivity index is 1.92. The van der Waals surface area contributed by atoms with Gasteiger partial charge in [-0.05, 0) is 26.7 Å². The maximum atomic E-state index is 12.6. The molecule has 6 nitrogen and oxygen atoms in total. The minimum Gasteiger partial charge on any atom is -0.361 e. The molecular weight excluding hydrogens is 270 g/mol. The Morgan fingerprint density at radius 2 is 2.19 bits per heavy atom. The monoisotopic (exact) mass is 289 g/mol. The highest BCUT2D eigenvalue weighted by Gasteiger charge is 2.35. The molecule has 0 unspecified atom stereocenters. The fourth-order valence-electron chi connectivity index (χ4n) is 3.03. The molecule has 2 aromatic heterocycles. The molecule has 0 N–H and O–H groups in total. The Hall–Kier alpha value is -2.11. The molecule has 3 rings (SSSR count). The predicted octanol–water partition coefficient (Wildman–Crippen LogP) is 2.82. The summed E-state index contributed by atoms with van der Waals surface area (Å²) < 4.78 is 10.4. The van der Waals surface area contributed by atoms with Crippen LogP contribution < -0.4 is 0 Å². The molecule has 1 amide bonds. The summed E-state index contributed by atoms with van der Waals surface area (Å²) in [6.45, 7) is 6.47. The van der Waals surface area contributed by atoms with Crippen LogP contribution in [0.25, 0.3) is 0 Å². The molecule has 1 aliphatic heterocycles. The van der Waals surface area contributed by atoms with Crippen LogP contribution in [0.3, 0.4) is 0 Å². The van der Waals surface area contributed by atoms with E-state index in [1.165, 1.54) is 0 Å². The summed E-state index contributed by atoms with van der Waals surface area (Å²) in [4.78, 5) is 14.5. The van der Waals surface area contributed by atoms with Crippen LogP contribution in [0.5, 0.6) is 0 Å². The second kappa shape index (κ2) is 5.35. The molecule has 21 heavy (non-hydrogen) atoms. The standard InChI is InChI=1S/C15H19N3O3/c1-4-13-14(10(3)16-21-13)12-6-5-7-18(12)15(19)11-8-9(2)20-17-11/h8,12H,4-7H2,1-3H3/t12-/m1/s1. The van der Waals surface area contributed by atoms with Crippen LogP contribution in [0.15, 0.2) is 15.1 Å². The van der Waals surface area contributed by atoms with Crippen LogP contribution in [0.2, 0.25) is 0 Å². The average molecular weight is 289 g/mol. The zero-order valence-electron chi connectivity index (χ0n) is 12.5. The number of carbonyl (C=O) groups is 1. The van der Waals surface area contributed by atoms with Gasteiger partial charge in [0.1, 0.15) is 11.5 Å². The van der Waals surface area contributed by atoms with Gasteiger partial charge in [-0.25, -0.2) is 0 Å². The van der Waals surface area contributed by atoms with Crippen molar-refractivity contribution in [3.8, 4) is 0 Å². The van der Waals surface area contributed by atoms with Crippen molar-refractivity contribution in [2.24, 2.45) is 0 Å². The lowest BCUT2D eigenvalue weighted by atomic mass is 10.0. The van der Waals surface area contributed by atoms with Gasteiger partial charge in [0.2, 0.25) is 0 Å². The molecule has 1 saturated heterocycles. The summed E-state index contributed by atoms with van der Waals surface area (Å²) in [5, 5.41) is 7.89. The summed E-state index contributed by atoms with van der Waals surface area (Å²) in [6.07, 6.45) is 2.68. The number of hydrogen-bond donors (Lipinski definition) is 0. The number of carbonyl (C=O) groups excluding carboxylic acids is 1. The summed E-state index contributed by atoms with van der Waals surface area (Å²) >= 11 is 0. The number of likely N-dealkylation sites (tertiary alicyclic amines) is 1. The van der Waals surface area contributed by atoms with E-state index in [0.717, 1.165) is 42.8 Å². The third-order valence-corrected chi connectivity index (χ3v) is 4.00. The third-order valence-electron chi connectivity index (χ3n) is 4.00. The molecule has 3 heterocycles. The Morgan fingerprint density at radius 3 is 2.86 bits per heavy atom. The average Bonchev–Trinajstić information content (AvgIpc) is 3.17. The maximum Gasteiger partial charge on any atom is 0.276 e. The van der Waals surface area contributed by atoms with Gasteiger partial charge in [0, 0.05) is 24.6 Å². The molecule has 1 aliphatic rings. The van der Waals surface area contributed by atoms with Gasteiger partial charge in [0.25, 0.3) is 5.91 Å². The van der Waals surface area contributed by atoms with Crippen molar-refractivity contribution in [2.45, 2.75) is 46.1 Å². The van der Waals surface area contributed by atoms with Crippen LogP contribution >= 0.6 is 0 Å². The molecular formula is C15H19N3O3. The van der Waals surface area contributed by atoms with Crippen molar-refractivity contribution < 1.29 is 13.8 Å². The molecule has 6 heteroatoms. The molecule has 1 fully saturated rings. The van der Waals surface area contributed by atoms with Gasteiger partial charge in [-0.2, -0.15) is 0 Å². The van der Waals surface area contributed by atoms with Gasteiger partial charge in [-0.15, -0.1) is 0 Å². The SMILES string of the molecule is CCc1onc(C)c1[C@H]1CCCN1C(=O)c1cc(C)on1. The first-order valence-electron chi connectivity index (χ1n) is 7.31. The highest BCUT2D eigenvalue weighted by atomic mass is 16.5. The van der Waals surface area contributed by atoms with E-state index in [-0.39, 0.29) is 11.9 Å². The van der Waals surface area contributed by atoms with Crippen molar-refractivity contribution >= 4 is 5.91 Å². The second-order valence-corrected chi connectivity index (χ2v) is 5.44. The minimum atomic E-state index is -0.0861. The summed E-state index contributed by atoms with van der Waals surface area (Å²) in [6, 6.07) is 1.70. The van der Waals surface area contributed by atoms with E-state index in [1.54, 1.807) is 13.0 Å². The number of aromatic nitrogens is 2. The lowest BCUT2D eigenvalue weighted by molar-refractivity contribution is 0.0724. The van der Waals surface area contributed by atoms with Gasteiger partial charge in [-0.3, -0.25) is 4.79 Å². The number of amides is 1. The molecule has 0 aliphatic carbocycles. The highest BCUT2D eigenvalue weighted by molar-refractivity contribution is 5.92. The van der Waals surface area contributed by atoms with E-state index in [2.05, 4.69) is 10.3 Å². The predicted molar refractivity (Wildman–Crippen MR) is 74.9 cm³/mol. The second-order valence-electron chi connectivity index (χ2n) is 5.44. The lowest BCUT2D eigenvalue weighted by Gasteiger charge is -2.24. The first kappa shape index (κ1) is 13.9. The summed E-state index contributed by atoms with van der Waals surface area (Å²) in [5.74, 6) is 1.43. The van der Waals surface area contributed by atoms with Crippen LogP contribution in [0.4, 0.5) is 0 Å². The number of rotatable bonds is 3. The van der Waals surface area contributed by atoms with Gasteiger partial charge >= 0.3 is 0 Å². The zero-order chi connectivity index (χ0) is 15.0. The van der Waals surface area contributed by atoms with Crippen molar-refractivity contribution in [1.29, 1.82) is 0 Å². The molecule has 0 radical (unpaired) electrons. The highest BCUT2D eigenvalue weighted by Crippen LogP contribution is 2.36. The Bertz CT molecular complexity index is 659. The first-order chi connectivity index (χ1) is 10.1. The van der Waals surface area contributed by atoms with E-state index in [1.807, 2.05) is 18.7 Å². The maximum absolute atomic E-state index is 12.6. The molecule has 0 bridgehead atoms. The topological polar surface area (TPSA) is 72.4 Å². The number of aryl methyl sites for hydroxylation is 3. The van der Waals surface area contributed by atoms with Crippen molar-refractivity contribution in [3.63, 3.8) is 0 Å². The van der Waals surface area contributed by atoms with Crippen LogP contribution in [0.1, 0.15) is 59.1 Å². The fourth-order valence-corrected chi connectivity index (χ4v) is 3.03. The molecule has 2 aromatic rings. The smallest absolute Gasteiger partial charge is 0.276 e. The van der Waals surface area contributed by atoms with E-state index >= 15 is 0 Å². The molecule has 112 valence electrons. The van der Waals surface area contributed by atoms with E-state index < -0.39 is 0 Å². The quantitative estimate of drug-likeness (QED) is 0.868. The number of hydrogen-bond acceptors (Lipinski definition) is 5. The zero-order valence-corrected chi connectivity index (χ0v) is 12.5. The summed E-state index contributed by atoms with van der Waals surface area (Å²) in [5.41, 5.74) is 2.29. The number of nitrogens with zero attached hydrogens (tertiary/aromatic N) is 3. The van der Waals surface area contributed by atoms with Gasteiger partial charge in [0.05, 0.1) is 11.7 Å². The van der Waals surface area contributed by atoms with E-state index in [9.17, 15) is 4.79 Å². The lowest BCUT2D eigenvalue weighted by Crippen LogP contribution is -2.31. The largest absolute Gasteiger partial charge is 0.361 e. The van der Waals surface area contributed by atoms with Crippen molar-refractivity contribution in [3.05, 3.63) is 34.5 Å². The molecule has 1 atom stereocenters. The van der Waals surface area contributed by atoms with E-state index in [4.69, 9.17) is 9.05 Å². The molecule has 0 spiro atoms. The Labute approximate surface area is 123 Å². The Morgan fingerprint density at radius 1 is 1.38 bits per heavy atom. The minimum absolute atomic E-state index is 0.0238. The Kier molecular flexibility index (Phi) is 3.53. The van der Waals surface area contributed by atoms with Crippen LogP contribution in [-0.2, 0) is 6.42 Å². The normalized spacial score (nSPS) is 18.4. The van der Waals surface area contributed by atoms with Crippen molar-refractivity contribution in [1.82, 2.24) is 15.2 Å². The van der Waals surface area contributed by atoms with E-state index in [0.29, 0.717) is 11.5 Å². The van der Waals surface area contributed by atoms with Gasteiger partial charge < -0.3 is 13.9 Å². The molecule has 0 saturated carbocycles. The van der Waals surface area contributed by atoms with Crippen LogP contribution in [-0.4, -0.2) is 27.7 Å². The first-order valence-corrected chi connectivity index (χ1v) is 7.31. The van der Waals surface area contributed by atoms with Crippen LogP contribution in [0, 0.1) is 13.8 Å². The van der Waals surface area contributed by atoms with Crippen molar-refractivity contribution in [2.75, 3.05) is 6.54 Å². The summed E-state index contributed by atoms with van der Waals surface area (Å²) in [7, 11) is 0.